The van der Waals surface area contributed by atoms with Crippen molar-refractivity contribution in [2.24, 2.45) is 11.8 Å². The topological polar surface area (TPSA) is 32.3 Å². The molecule has 0 aromatic carbocycles. The number of carbonyl (C=O) groups is 1. The van der Waals surface area contributed by atoms with Crippen LogP contribution in [0.1, 0.15) is 40.5 Å². The van der Waals surface area contributed by atoms with Gasteiger partial charge >= 0.3 is 0 Å². The Bertz CT molecular complexity index is 238. The van der Waals surface area contributed by atoms with Gasteiger partial charge in [0, 0.05) is 12.6 Å². The molecule has 0 spiro atoms. The minimum Gasteiger partial charge on any atom is -0.351 e. The van der Waals surface area contributed by atoms with Crippen molar-refractivity contribution in [2.75, 3.05) is 13.6 Å². The van der Waals surface area contributed by atoms with E-state index in [4.69, 9.17) is 0 Å². The molecule has 1 aliphatic heterocycles. The van der Waals surface area contributed by atoms with Crippen LogP contribution in [0.2, 0.25) is 0 Å². The Morgan fingerprint density at radius 1 is 1.25 bits per heavy atom. The van der Waals surface area contributed by atoms with E-state index in [9.17, 15) is 4.79 Å². The highest BCUT2D eigenvalue weighted by atomic mass is 16.2. The van der Waals surface area contributed by atoms with E-state index in [-0.39, 0.29) is 11.9 Å². The van der Waals surface area contributed by atoms with Gasteiger partial charge in [-0.3, -0.25) is 9.69 Å². The Kier molecular flexibility index (Phi) is 4.78. The van der Waals surface area contributed by atoms with E-state index >= 15 is 0 Å². The van der Waals surface area contributed by atoms with Crippen LogP contribution in [-0.2, 0) is 4.79 Å². The second kappa shape index (κ2) is 5.67. The molecule has 0 bridgehead atoms. The molecule has 2 atom stereocenters. The smallest absolute Gasteiger partial charge is 0.237 e. The quantitative estimate of drug-likeness (QED) is 0.794. The van der Waals surface area contributed by atoms with E-state index in [0.29, 0.717) is 17.9 Å². The van der Waals surface area contributed by atoms with Crippen molar-refractivity contribution < 1.29 is 4.79 Å². The number of piperazine rings is 1. The zero-order valence-electron chi connectivity index (χ0n) is 11.3. The van der Waals surface area contributed by atoms with Crippen LogP contribution < -0.4 is 5.32 Å². The van der Waals surface area contributed by atoms with Gasteiger partial charge in [0.25, 0.3) is 0 Å². The van der Waals surface area contributed by atoms with Gasteiger partial charge in [0.05, 0.1) is 6.04 Å². The van der Waals surface area contributed by atoms with Gasteiger partial charge in [-0.05, 0) is 31.7 Å². The van der Waals surface area contributed by atoms with E-state index in [1.54, 1.807) is 0 Å². The fourth-order valence-electron chi connectivity index (χ4n) is 2.45. The molecule has 1 N–H and O–H groups in total. The third-order valence-corrected chi connectivity index (χ3v) is 3.14. The number of hydrogen-bond donors (Lipinski definition) is 1. The predicted octanol–water partition coefficient (Wildman–Crippen LogP) is 1.88. The maximum atomic E-state index is 12.0. The van der Waals surface area contributed by atoms with Gasteiger partial charge in [-0.15, -0.1) is 0 Å². The number of carbonyl (C=O) groups excluding carboxylic acids is 1. The minimum atomic E-state index is 0.0726. The number of rotatable bonds is 4. The maximum Gasteiger partial charge on any atom is 0.237 e. The van der Waals surface area contributed by atoms with Crippen LogP contribution in [-0.4, -0.2) is 36.5 Å². The lowest BCUT2D eigenvalue weighted by Gasteiger charge is -2.38. The van der Waals surface area contributed by atoms with Gasteiger partial charge in [0.1, 0.15) is 0 Å². The first kappa shape index (κ1) is 13.5. The summed E-state index contributed by atoms with van der Waals surface area (Å²) in [7, 11) is 2.07. The molecule has 0 aliphatic carbocycles. The summed E-state index contributed by atoms with van der Waals surface area (Å²) in [5.74, 6) is 1.42. The third kappa shape index (κ3) is 3.78. The summed E-state index contributed by atoms with van der Waals surface area (Å²) < 4.78 is 0. The SMILES string of the molecule is CC(C)CC1CN(C)C(CC(C)C)C(=O)N1. The van der Waals surface area contributed by atoms with Crippen LogP contribution in [0, 0.1) is 11.8 Å². The number of nitrogens with zero attached hydrogens (tertiary/aromatic N) is 1. The Morgan fingerprint density at radius 2 is 1.81 bits per heavy atom. The summed E-state index contributed by atoms with van der Waals surface area (Å²) in [4.78, 5) is 14.2. The number of likely N-dealkylation sites (N-methyl/N-ethyl adjacent to an activating group) is 1. The van der Waals surface area contributed by atoms with Crippen molar-refractivity contribution >= 4 is 5.91 Å². The van der Waals surface area contributed by atoms with Crippen LogP contribution in [0.4, 0.5) is 0 Å². The van der Waals surface area contributed by atoms with Crippen LogP contribution in [0.5, 0.6) is 0 Å². The third-order valence-electron chi connectivity index (χ3n) is 3.14. The molecule has 1 saturated heterocycles. The molecule has 2 unspecified atom stereocenters. The van der Waals surface area contributed by atoms with Crippen molar-refractivity contribution in [3.8, 4) is 0 Å². The predicted molar refractivity (Wildman–Crippen MR) is 67.3 cm³/mol. The summed E-state index contributed by atoms with van der Waals surface area (Å²) in [5.41, 5.74) is 0. The lowest BCUT2D eigenvalue weighted by atomic mass is 9.96. The highest BCUT2D eigenvalue weighted by molar-refractivity contribution is 5.82. The molecule has 0 aromatic heterocycles. The Hall–Kier alpha value is -0.570. The normalized spacial score (nSPS) is 27.6. The fraction of sp³-hybridized carbons (Fsp3) is 0.923. The van der Waals surface area contributed by atoms with Gasteiger partial charge in [-0.25, -0.2) is 0 Å². The molecule has 0 radical (unpaired) electrons. The zero-order valence-corrected chi connectivity index (χ0v) is 11.3. The van der Waals surface area contributed by atoms with Gasteiger partial charge in [0.2, 0.25) is 5.91 Å². The molecule has 3 heteroatoms. The minimum absolute atomic E-state index is 0.0726. The number of nitrogens with one attached hydrogen (secondary N) is 1. The van der Waals surface area contributed by atoms with Gasteiger partial charge in [0.15, 0.2) is 0 Å². The summed E-state index contributed by atoms with van der Waals surface area (Å²) in [6.07, 6.45) is 2.03. The molecule has 1 amide bonds. The standard InChI is InChI=1S/C13H26N2O/c1-9(2)6-11-8-15(5)12(7-10(3)4)13(16)14-11/h9-12H,6-8H2,1-5H3,(H,14,16). The zero-order chi connectivity index (χ0) is 12.3. The molecular weight excluding hydrogens is 200 g/mol. The molecule has 0 aromatic rings. The van der Waals surface area contributed by atoms with E-state index < -0.39 is 0 Å². The van der Waals surface area contributed by atoms with Crippen LogP contribution in [0.25, 0.3) is 0 Å². The summed E-state index contributed by atoms with van der Waals surface area (Å²) in [6.45, 7) is 9.72. The maximum absolute atomic E-state index is 12.0. The Balaban J connectivity index is 2.53. The molecule has 1 heterocycles. The molecular formula is C13H26N2O. The fourth-order valence-corrected chi connectivity index (χ4v) is 2.45. The Labute approximate surface area is 99.6 Å². The molecule has 3 nitrogen and oxygen atoms in total. The Morgan fingerprint density at radius 3 is 2.25 bits per heavy atom. The largest absolute Gasteiger partial charge is 0.351 e. The van der Waals surface area contributed by atoms with Crippen molar-refractivity contribution in [3.05, 3.63) is 0 Å². The van der Waals surface area contributed by atoms with E-state index in [1.165, 1.54) is 0 Å². The summed E-state index contributed by atoms with van der Waals surface area (Å²) in [5, 5.41) is 3.15. The number of amides is 1. The van der Waals surface area contributed by atoms with Gasteiger partial charge in [-0.2, -0.15) is 0 Å². The van der Waals surface area contributed by atoms with E-state index in [0.717, 1.165) is 19.4 Å². The van der Waals surface area contributed by atoms with Crippen LogP contribution in [0.15, 0.2) is 0 Å². The van der Waals surface area contributed by atoms with Crippen molar-refractivity contribution in [3.63, 3.8) is 0 Å². The molecule has 1 aliphatic rings. The molecule has 1 fully saturated rings. The monoisotopic (exact) mass is 226 g/mol. The highest BCUT2D eigenvalue weighted by Crippen LogP contribution is 2.17. The lowest BCUT2D eigenvalue weighted by Crippen LogP contribution is -2.59. The molecule has 94 valence electrons. The van der Waals surface area contributed by atoms with Gasteiger partial charge < -0.3 is 5.32 Å². The average Bonchev–Trinajstić information content (AvgIpc) is 2.10. The highest BCUT2D eigenvalue weighted by Gasteiger charge is 2.32. The van der Waals surface area contributed by atoms with E-state index in [2.05, 4.69) is 45.0 Å². The average molecular weight is 226 g/mol. The second-order valence-corrected chi connectivity index (χ2v) is 5.92. The molecule has 0 saturated carbocycles. The molecule has 16 heavy (non-hydrogen) atoms. The lowest BCUT2D eigenvalue weighted by molar-refractivity contribution is -0.130. The van der Waals surface area contributed by atoms with E-state index in [1.807, 2.05) is 0 Å². The summed E-state index contributed by atoms with van der Waals surface area (Å²) >= 11 is 0. The first-order chi connectivity index (χ1) is 7.40. The first-order valence-electron chi connectivity index (χ1n) is 6.40. The van der Waals surface area contributed by atoms with Crippen LogP contribution in [0.3, 0.4) is 0 Å². The van der Waals surface area contributed by atoms with Crippen LogP contribution >= 0.6 is 0 Å². The number of hydrogen-bond acceptors (Lipinski definition) is 2. The second-order valence-electron chi connectivity index (χ2n) is 5.92. The van der Waals surface area contributed by atoms with Gasteiger partial charge in [-0.1, -0.05) is 27.7 Å². The first-order valence-corrected chi connectivity index (χ1v) is 6.40. The summed E-state index contributed by atoms with van der Waals surface area (Å²) in [6, 6.07) is 0.407. The van der Waals surface area contributed by atoms with Crippen molar-refractivity contribution in [1.29, 1.82) is 0 Å². The molecule has 1 rings (SSSR count). The van der Waals surface area contributed by atoms with Crippen molar-refractivity contribution in [1.82, 2.24) is 10.2 Å². The van der Waals surface area contributed by atoms with Crippen molar-refractivity contribution in [2.45, 2.75) is 52.6 Å².